The van der Waals surface area contributed by atoms with Gasteiger partial charge < -0.3 is 10.0 Å². The minimum atomic E-state index is -0.979. The zero-order chi connectivity index (χ0) is 19.9. The molecule has 5 heteroatoms. The summed E-state index contributed by atoms with van der Waals surface area (Å²) in [7, 11) is 0. The average molecular weight is 375 g/mol. The molecule has 2 aromatic carbocycles. The minimum Gasteiger partial charge on any atom is -0.383 e. The molecule has 0 radical (unpaired) electrons. The van der Waals surface area contributed by atoms with Crippen LogP contribution in [0.1, 0.15) is 39.3 Å². The fraction of sp³-hybridized carbons (Fsp3) is 0.304. The van der Waals surface area contributed by atoms with Crippen LogP contribution in [0.5, 0.6) is 0 Å². The van der Waals surface area contributed by atoms with Gasteiger partial charge in [-0.25, -0.2) is 4.68 Å². The third-order valence-electron chi connectivity index (χ3n) is 5.49. The van der Waals surface area contributed by atoms with E-state index < -0.39 is 5.60 Å². The fourth-order valence-electron chi connectivity index (χ4n) is 3.88. The molecule has 0 spiro atoms. The average Bonchev–Trinajstić information content (AvgIpc) is 3.24. The summed E-state index contributed by atoms with van der Waals surface area (Å²) >= 11 is 0. The van der Waals surface area contributed by atoms with Gasteiger partial charge in [-0.15, -0.1) is 0 Å². The second kappa shape index (κ2) is 6.91. The Labute approximate surface area is 165 Å². The number of aliphatic hydroxyl groups is 1. The zero-order valence-electron chi connectivity index (χ0n) is 16.5. The number of aryl methyl sites for hydroxylation is 3. The maximum absolute atomic E-state index is 12.9. The molecule has 28 heavy (non-hydrogen) atoms. The van der Waals surface area contributed by atoms with Crippen molar-refractivity contribution in [2.24, 2.45) is 0 Å². The molecule has 1 aliphatic heterocycles. The van der Waals surface area contributed by atoms with Gasteiger partial charge in [-0.3, -0.25) is 4.79 Å². The standard InChI is InChI=1S/C23H25N3O2/c1-16-4-8-20(9-5-16)23(28)12-13-25(15-23)22(27)19-6-10-21(11-7-19)26-18(3)14-17(2)24-26/h4-11,14,28H,12-13,15H2,1-3H3. The molecule has 0 saturated carbocycles. The predicted octanol–water partition coefficient (Wildman–Crippen LogP) is 3.53. The van der Waals surface area contributed by atoms with E-state index in [0.717, 1.165) is 28.2 Å². The van der Waals surface area contributed by atoms with E-state index in [4.69, 9.17) is 0 Å². The third-order valence-corrected chi connectivity index (χ3v) is 5.49. The lowest BCUT2D eigenvalue weighted by molar-refractivity contribution is 0.0417. The lowest BCUT2D eigenvalue weighted by Crippen LogP contribution is -2.34. The highest BCUT2D eigenvalue weighted by molar-refractivity contribution is 5.94. The van der Waals surface area contributed by atoms with Crippen molar-refractivity contribution >= 4 is 5.91 Å². The number of carbonyl (C=O) groups is 1. The van der Waals surface area contributed by atoms with Gasteiger partial charge in [0.05, 0.1) is 17.9 Å². The number of rotatable bonds is 3. The van der Waals surface area contributed by atoms with Crippen molar-refractivity contribution < 1.29 is 9.90 Å². The SMILES string of the molecule is Cc1ccc(C2(O)CCN(C(=O)c3ccc(-n4nc(C)cc4C)cc3)C2)cc1. The molecule has 1 saturated heterocycles. The lowest BCUT2D eigenvalue weighted by Gasteiger charge is -2.24. The first-order valence-corrected chi connectivity index (χ1v) is 9.58. The van der Waals surface area contributed by atoms with E-state index in [0.29, 0.717) is 25.1 Å². The molecule has 4 rings (SSSR count). The molecule has 1 aliphatic rings. The van der Waals surface area contributed by atoms with Gasteiger partial charge in [0.1, 0.15) is 5.60 Å². The van der Waals surface area contributed by atoms with Gasteiger partial charge in [0.15, 0.2) is 0 Å². The summed E-state index contributed by atoms with van der Waals surface area (Å²) in [6.07, 6.45) is 0.547. The smallest absolute Gasteiger partial charge is 0.253 e. The predicted molar refractivity (Wildman–Crippen MR) is 109 cm³/mol. The molecule has 1 aromatic heterocycles. The second-order valence-electron chi connectivity index (χ2n) is 7.76. The molecule has 0 aliphatic carbocycles. The number of hydrogen-bond donors (Lipinski definition) is 1. The molecule has 3 aromatic rings. The van der Waals surface area contributed by atoms with Gasteiger partial charge in [0.2, 0.25) is 0 Å². The molecule has 2 heterocycles. The van der Waals surface area contributed by atoms with E-state index in [1.54, 1.807) is 4.90 Å². The summed E-state index contributed by atoms with van der Waals surface area (Å²) in [4.78, 5) is 14.7. The molecular weight excluding hydrogens is 350 g/mol. The Hall–Kier alpha value is -2.92. The monoisotopic (exact) mass is 375 g/mol. The Kier molecular flexibility index (Phi) is 4.55. The van der Waals surface area contributed by atoms with Crippen LogP contribution in [0.2, 0.25) is 0 Å². The van der Waals surface area contributed by atoms with Crippen molar-refractivity contribution in [3.8, 4) is 5.69 Å². The Morgan fingerprint density at radius 3 is 2.32 bits per heavy atom. The van der Waals surface area contributed by atoms with Crippen molar-refractivity contribution in [3.63, 3.8) is 0 Å². The molecule has 144 valence electrons. The molecule has 5 nitrogen and oxygen atoms in total. The van der Waals surface area contributed by atoms with Crippen LogP contribution in [0.3, 0.4) is 0 Å². The van der Waals surface area contributed by atoms with E-state index in [1.807, 2.05) is 80.1 Å². The number of β-amino-alcohol motifs (C(OH)–C–C–N with tert-alkyl or cyclic N) is 1. The van der Waals surface area contributed by atoms with Crippen molar-refractivity contribution in [3.05, 3.63) is 82.7 Å². The molecular formula is C23H25N3O2. The quantitative estimate of drug-likeness (QED) is 0.762. The maximum atomic E-state index is 12.9. The van der Waals surface area contributed by atoms with Crippen LogP contribution in [0.4, 0.5) is 0 Å². The van der Waals surface area contributed by atoms with Gasteiger partial charge >= 0.3 is 0 Å². The summed E-state index contributed by atoms with van der Waals surface area (Å²) < 4.78 is 1.87. The van der Waals surface area contributed by atoms with Crippen LogP contribution in [0, 0.1) is 20.8 Å². The molecule has 1 N–H and O–H groups in total. The highest BCUT2D eigenvalue weighted by atomic mass is 16.3. The summed E-state index contributed by atoms with van der Waals surface area (Å²) in [6, 6.07) is 17.4. The second-order valence-corrected chi connectivity index (χ2v) is 7.76. The van der Waals surface area contributed by atoms with Crippen LogP contribution < -0.4 is 0 Å². The van der Waals surface area contributed by atoms with Crippen LogP contribution in [-0.4, -0.2) is 38.8 Å². The number of aromatic nitrogens is 2. The first-order chi connectivity index (χ1) is 13.4. The van der Waals surface area contributed by atoms with Crippen LogP contribution in [0.15, 0.2) is 54.6 Å². The first kappa shape index (κ1) is 18.4. The summed E-state index contributed by atoms with van der Waals surface area (Å²) in [5.74, 6) is -0.0528. The number of carbonyl (C=O) groups excluding carboxylic acids is 1. The van der Waals surface area contributed by atoms with E-state index in [2.05, 4.69) is 5.10 Å². The van der Waals surface area contributed by atoms with E-state index in [1.165, 1.54) is 0 Å². The van der Waals surface area contributed by atoms with E-state index >= 15 is 0 Å². The molecule has 1 atom stereocenters. The van der Waals surface area contributed by atoms with Crippen LogP contribution in [0.25, 0.3) is 5.69 Å². The lowest BCUT2D eigenvalue weighted by atomic mass is 9.92. The highest BCUT2D eigenvalue weighted by Crippen LogP contribution is 2.33. The normalized spacial score (nSPS) is 19.2. The highest BCUT2D eigenvalue weighted by Gasteiger charge is 2.39. The Balaban J connectivity index is 1.50. The number of benzene rings is 2. The Bertz CT molecular complexity index is 1010. The van der Waals surface area contributed by atoms with Gasteiger partial charge in [0.25, 0.3) is 5.91 Å². The molecule has 0 bridgehead atoms. The van der Waals surface area contributed by atoms with Crippen molar-refractivity contribution in [2.75, 3.05) is 13.1 Å². The first-order valence-electron chi connectivity index (χ1n) is 9.58. The van der Waals surface area contributed by atoms with Crippen molar-refractivity contribution in [1.82, 2.24) is 14.7 Å². The minimum absolute atomic E-state index is 0.0528. The Morgan fingerprint density at radius 2 is 1.71 bits per heavy atom. The number of nitrogens with zero attached hydrogens (tertiary/aromatic N) is 3. The zero-order valence-corrected chi connectivity index (χ0v) is 16.5. The number of hydrogen-bond acceptors (Lipinski definition) is 3. The number of amides is 1. The molecule has 1 fully saturated rings. The number of likely N-dealkylation sites (tertiary alicyclic amines) is 1. The topological polar surface area (TPSA) is 58.4 Å². The van der Waals surface area contributed by atoms with Crippen LogP contribution >= 0.6 is 0 Å². The largest absolute Gasteiger partial charge is 0.383 e. The van der Waals surface area contributed by atoms with Crippen LogP contribution in [-0.2, 0) is 5.60 Å². The summed E-state index contributed by atoms with van der Waals surface area (Å²) in [5, 5.41) is 15.5. The molecule has 1 unspecified atom stereocenters. The van der Waals surface area contributed by atoms with Gasteiger partial charge in [-0.05, 0) is 63.1 Å². The third kappa shape index (κ3) is 3.34. The van der Waals surface area contributed by atoms with Crippen molar-refractivity contribution in [2.45, 2.75) is 32.8 Å². The maximum Gasteiger partial charge on any atom is 0.253 e. The van der Waals surface area contributed by atoms with Gasteiger partial charge in [-0.2, -0.15) is 5.10 Å². The van der Waals surface area contributed by atoms with E-state index in [9.17, 15) is 9.90 Å². The van der Waals surface area contributed by atoms with Crippen molar-refractivity contribution in [1.29, 1.82) is 0 Å². The van der Waals surface area contributed by atoms with E-state index in [-0.39, 0.29) is 5.91 Å². The molecule has 1 amide bonds. The summed E-state index contributed by atoms with van der Waals surface area (Å²) in [5.41, 5.74) is 4.62. The van der Waals surface area contributed by atoms with Gasteiger partial charge in [-0.1, -0.05) is 29.8 Å². The fourth-order valence-corrected chi connectivity index (χ4v) is 3.88. The Morgan fingerprint density at radius 1 is 1.04 bits per heavy atom. The summed E-state index contributed by atoms with van der Waals surface area (Å²) in [6.45, 7) is 6.85. The van der Waals surface area contributed by atoms with Gasteiger partial charge in [0, 0.05) is 17.8 Å².